The highest BCUT2D eigenvalue weighted by Gasteiger charge is 2.20. The molecule has 0 aromatic heterocycles. The minimum atomic E-state index is -4.66. The number of hydrogen-bond donors (Lipinski definition) is 4. The summed E-state index contributed by atoms with van der Waals surface area (Å²) in [6.07, 6.45) is -0.460. The van der Waals surface area contributed by atoms with Crippen molar-refractivity contribution in [3.63, 3.8) is 0 Å². The first kappa shape index (κ1) is 17.1. The first-order valence-corrected chi connectivity index (χ1v) is 8.80. The molecule has 0 atom stereocenters. The van der Waals surface area contributed by atoms with Gasteiger partial charge in [0.15, 0.2) is 0 Å². The number of primary amides is 1. The van der Waals surface area contributed by atoms with Gasteiger partial charge in [-0.2, -0.15) is 16.8 Å². The van der Waals surface area contributed by atoms with Crippen molar-refractivity contribution in [1.29, 1.82) is 0 Å². The molecule has 0 heterocycles. The Morgan fingerprint density at radius 3 is 1.87 bits per heavy atom. The van der Waals surface area contributed by atoms with Crippen molar-refractivity contribution >= 4 is 36.9 Å². The van der Waals surface area contributed by atoms with Crippen LogP contribution in [-0.4, -0.2) is 37.0 Å². The maximum atomic E-state index is 11.3. The van der Waals surface area contributed by atoms with Gasteiger partial charge in [0.05, 0.1) is 16.2 Å². The summed E-state index contributed by atoms with van der Waals surface area (Å²) in [6, 6.07) is 3.47. The Kier molecular flexibility index (Phi) is 4.07. The summed E-state index contributed by atoms with van der Waals surface area (Å²) in [7, 11) is -9.32. The number of benzene rings is 2. The fourth-order valence-electron chi connectivity index (χ4n) is 2.15. The highest BCUT2D eigenvalue weighted by molar-refractivity contribution is 7.86. The van der Waals surface area contributed by atoms with Crippen LogP contribution in [0.3, 0.4) is 0 Å². The van der Waals surface area contributed by atoms with Crippen LogP contribution in [0.4, 0.5) is 0 Å². The van der Waals surface area contributed by atoms with Crippen LogP contribution in [-0.2, 0) is 31.5 Å². The van der Waals surface area contributed by atoms with Crippen molar-refractivity contribution in [2.24, 2.45) is 5.73 Å². The van der Waals surface area contributed by atoms with E-state index in [-0.39, 0.29) is 16.3 Å². The smallest absolute Gasteiger partial charge is 0.294 e. The van der Waals surface area contributed by atoms with Crippen molar-refractivity contribution in [3.8, 4) is 5.75 Å². The quantitative estimate of drug-likeness (QED) is 0.554. The summed E-state index contributed by atoms with van der Waals surface area (Å²) in [5.41, 5.74) is 5.03. The van der Waals surface area contributed by atoms with Crippen molar-refractivity contribution < 1.29 is 35.8 Å². The van der Waals surface area contributed by atoms with E-state index in [1.54, 1.807) is 0 Å². The van der Waals surface area contributed by atoms with E-state index in [1.165, 1.54) is 0 Å². The molecule has 0 aliphatic heterocycles. The molecule has 23 heavy (non-hydrogen) atoms. The van der Waals surface area contributed by atoms with Gasteiger partial charge in [-0.15, -0.1) is 0 Å². The second kappa shape index (κ2) is 5.45. The van der Waals surface area contributed by atoms with E-state index >= 15 is 0 Å². The third-order valence-electron chi connectivity index (χ3n) is 3.02. The molecule has 2 aromatic rings. The maximum Gasteiger partial charge on any atom is 0.294 e. The highest BCUT2D eigenvalue weighted by atomic mass is 32.2. The SMILES string of the molecule is NC(=O)Cc1cc(S(=O)(=O)O)cc2cc(S(=O)(=O)O)cc(O)c12. The molecule has 1 amide bonds. The molecule has 0 radical (unpaired) electrons. The lowest BCUT2D eigenvalue weighted by atomic mass is 10.0. The Balaban J connectivity index is 2.95. The number of amides is 1. The zero-order chi connectivity index (χ0) is 17.6. The Morgan fingerprint density at radius 1 is 0.957 bits per heavy atom. The molecule has 5 N–H and O–H groups in total. The minimum Gasteiger partial charge on any atom is -0.507 e. The fourth-order valence-corrected chi connectivity index (χ4v) is 3.25. The molecule has 0 unspecified atom stereocenters. The summed E-state index contributed by atoms with van der Waals surface area (Å²) in [5.74, 6) is -1.44. The standard InChI is InChI=1S/C12H11NO8S2/c13-11(15)4-7-3-8(22(16,17)18)1-6-2-9(23(19,20)21)5-10(14)12(6)7/h1-3,5,14H,4H2,(H2,13,15)(H,16,17,18)(H,19,20,21). The predicted molar refractivity (Wildman–Crippen MR) is 78.1 cm³/mol. The number of carbonyl (C=O) groups excluding carboxylic acids is 1. The van der Waals surface area contributed by atoms with Crippen LogP contribution in [0.15, 0.2) is 34.1 Å². The van der Waals surface area contributed by atoms with Crippen LogP contribution in [0.5, 0.6) is 5.75 Å². The number of carbonyl (C=O) groups is 1. The summed E-state index contributed by atoms with van der Waals surface area (Å²) in [4.78, 5) is 9.81. The first-order valence-electron chi connectivity index (χ1n) is 5.92. The van der Waals surface area contributed by atoms with Gasteiger partial charge in [0.2, 0.25) is 5.91 Å². The summed E-state index contributed by atoms with van der Waals surface area (Å²) < 4.78 is 63.1. The predicted octanol–water partition coefficient (Wildman–Crippen LogP) is 0.0666. The van der Waals surface area contributed by atoms with Crippen LogP contribution in [0, 0.1) is 0 Å². The minimum absolute atomic E-state index is 0.0244. The maximum absolute atomic E-state index is 11.3. The zero-order valence-corrected chi connectivity index (χ0v) is 12.9. The molecular weight excluding hydrogens is 350 g/mol. The summed E-state index contributed by atoms with van der Waals surface area (Å²) in [6.45, 7) is 0. The zero-order valence-electron chi connectivity index (χ0n) is 11.3. The lowest BCUT2D eigenvalue weighted by Crippen LogP contribution is -2.14. The number of nitrogens with two attached hydrogens (primary N) is 1. The number of aromatic hydroxyl groups is 1. The number of hydrogen-bond acceptors (Lipinski definition) is 6. The van der Waals surface area contributed by atoms with Gasteiger partial charge in [-0.25, -0.2) is 0 Å². The summed E-state index contributed by atoms with van der Waals surface area (Å²) in [5, 5.41) is 9.82. The average Bonchev–Trinajstić information content (AvgIpc) is 2.34. The Morgan fingerprint density at radius 2 is 1.43 bits per heavy atom. The van der Waals surface area contributed by atoms with Crippen molar-refractivity contribution in [2.75, 3.05) is 0 Å². The number of phenolic OH excluding ortho intramolecular Hbond substituents is 1. The topological polar surface area (TPSA) is 172 Å². The van der Waals surface area contributed by atoms with E-state index in [2.05, 4.69) is 0 Å². The Bertz CT molecular complexity index is 1020. The first-order chi connectivity index (χ1) is 10.4. The van der Waals surface area contributed by atoms with Crippen molar-refractivity contribution in [1.82, 2.24) is 0 Å². The molecule has 0 fully saturated rings. The summed E-state index contributed by atoms with van der Waals surface area (Å²) >= 11 is 0. The lowest BCUT2D eigenvalue weighted by Gasteiger charge is -2.11. The van der Waals surface area contributed by atoms with E-state index in [9.17, 15) is 26.7 Å². The molecule has 9 nitrogen and oxygen atoms in total. The van der Waals surface area contributed by atoms with E-state index in [1.807, 2.05) is 0 Å². The molecule has 0 spiro atoms. The number of phenols is 1. The van der Waals surface area contributed by atoms with Gasteiger partial charge in [-0.05, 0) is 29.1 Å². The van der Waals surface area contributed by atoms with Gasteiger partial charge in [-0.3, -0.25) is 13.9 Å². The molecular formula is C12H11NO8S2. The van der Waals surface area contributed by atoms with Crippen molar-refractivity contribution in [3.05, 3.63) is 29.8 Å². The largest absolute Gasteiger partial charge is 0.507 e. The number of rotatable bonds is 4. The van der Waals surface area contributed by atoms with Gasteiger partial charge in [-0.1, -0.05) is 0 Å². The highest BCUT2D eigenvalue weighted by Crippen LogP contribution is 2.34. The Hall–Kier alpha value is -2.21. The van der Waals surface area contributed by atoms with E-state index < -0.39 is 48.1 Å². The third-order valence-corrected chi connectivity index (χ3v) is 4.68. The van der Waals surface area contributed by atoms with Gasteiger partial charge in [0.1, 0.15) is 5.75 Å². The molecule has 2 aromatic carbocycles. The fraction of sp³-hybridized carbons (Fsp3) is 0.0833. The second-order valence-corrected chi connectivity index (χ2v) is 7.56. The molecule has 11 heteroatoms. The van der Waals surface area contributed by atoms with Gasteiger partial charge in [0, 0.05) is 11.5 Å². The molecule has 0 saturated heterocycles. The van der Waals surface area contributed by atoms with Gasteiger partial charge >= 0.3 is 0 Å². The average molecular weight is 361 g/mol. The molecule has 0 aliphatic rings. The van der Waals surface area contributed by atoms with Gasteiger partial charge < -0.3 is 10.8 Å². The normalized spacial score (nSPS) is 12.4. The van der Waals surface area contributed by atoms with E-state index in [0.29, 0.717) is 0 Å². The molecule has 2 rings (SSSR count). The number of fused-ring (bicyclic) bond motifs is 1. The molecule has 0 bridgehead atoms. The van der Waals surface area contributed by atoms with Crippen LogP contribution < -0.4 is 5.73 Å². The van der Waals surface area contributed by atoms with Crippen LogP contribution in [0.2, 0.25) is 0 Å². The van der Waals surface area contributed by atoms with Crippen LogP contribution in [0.25, 0.3) is 10.8 Å². The Labute approximate surface area is 130 Å². The third kappa shape index (κ3) is 3.59. The van der Waals surface area contributed by atoms with Crippen molar-refractivity contribution in [2.45, 2.75) is 16.2 Å². The molecule has 0 saturated carbocycles. The van der Waals surface area contributed by atoms with Crippen LogP contribution in [0.1, 0.15) is 5.56 Å². The lowest BCUT2D eigenvalue weighted by molar-refractivity contribution is -0.117. The van der Waals surface area contributed by atoms with E-state index in [4.69, 9.17) is 14.8 Å². The second-order valence-electron chi connectivity index (χ2n) is 4.72. The van der Waals surface area contributed by atoms with Gasteiger partial charge in [0.25, 0.3) is 20.2 Å². The van der Waals surface area contributed by atoms with Crippen LogP contribution >= 0.6 is 0 Å². The monoisotopic (exact) mass is 361 g/mol. The molecule has 124 valence electrons. The molecule has 0 aliphatic carbocycles. The van der Waals surface area contributed by atoms with E-state index in [0.717, 1.165) is 24.3 Å².